The summed E-state index contributed by atoms with van der Waals surface area (Å²) in [6.07, 6.45) is 16.6. The molecule has 3 aliphatic rings. The normalized spacial score (nSPS) is 44.6. The molecule has 0 aliphatic heterocycles. The predicted molar refractivity (Wildman–Crippen MR) is 87.5 cm³/mol. The van der Waals surface area contributed by atoms with Crippen LogP contribution in [0, 0.1) is 29.1 Å². The molecule has 0 aromatic carbocycles. The lowest BCUT2D eigenvalue weighted by Crippen LogP contribution is -2.35. The van der Waals surface area contributed by atoms with Crippen molar-refractivity contribution < 1.29 is 0 Å². The Morgan fingerprint density at radius 2 is 1.95 bits per heavy atom. The SMILES string of the molecule is CC1=CCCC(C)C2CCC3(C)C=CC(=CC1)C(C)C23. The minimum Gasteiger partial charge on any atom is -0.0853 e. The summed E-state index contributed by atoms with van der Waals surface area (Å²) in [5.41, 5.74) is 3.61. The molecule has 3 aliphatic carbocycles. The molecule has 0 amide bonds. The number of hydrogen-bond acceptors (Lipinski definition) is 0. The molecule has 2 bridgehead atoms. The molecule has 0 heterocycles. The van der Waals surface area contributed by atoms with E-state index in [0.717, 1.165) is 30.1 Å². The van der Waals surface area contributed by atoms with Crippen molar-refractivity contribution in [2.45, 2.75) is 59.8 Å². The van der Waals surface area contributed by atoms with Gasteiger partial charge in [-0.05, 0) is 73.7 Å². The first-order valence-corrected chi connectivity index (χ1v) is 8.56. The van der Waals surface area contributed by atoms with Gasteiger partial charge in [0.2, 0.25) is 0 Å². The van der Waals surface area contributed by atoms with Gasteiger partial charge in [0.15, 0.2) is 0 Å². The Morgan fingerprint density at radius 1 is 1.15 bits per heavy atom. The standard InChI is InChI=1S/C20H30/c1-14-6-5-7-15(2)18-11-13-20(4)12-10-17(9-8-14)16(3)19(18)20/h6,9-10,12,15-16,18-19H,5,7-8,11,13H2,1-4H3. The van der Waals surface area contributed by atoms with Crippen molar-refractivity contribution in [3.63, 3.8) is 0 Å². The third kappa shape index (κ3) is 2.32. The van der Waals surface area contributed by atoms with E-state index in [9.17, 15) is 0 Å². The molecule has 20 heavy (non-hydrogen) atoms. The van der Waals surface area contributed by atoms with E-state index in [0.29, 0.717) is 5.41 Å². The zero-order chi connectivity index (χ0) is 14.3. The average molecular weight is 270 g/mol. The third-order valence-electron chi connectivity index (χ3n) is 6.47. The molecule has 0 nitrogen and oxygen atoms in total. The fourth-order valence-electron chi connectivity index (χ4n) is 5.16. The molecule has 0 radical (unpaired) electrons. The summed E-state index contributed by atoms with van der Waals surface area (Å²) in [4.78, 5) is 0. The largest absolute Gasteiger partial charge is 0.0853 e. The Kier molecular flexibility index (Phi) is 3.69. The second kappa shape index (κ2) is 5.20. The van der Waals surface area contributed by atoms with E-state index in [-0.39, 0.29) is 0 Å². The van der Waals surface area contributed by atoms with Gasteiger partial charge in [0.25, 0.3) is 0 Å². The molecule has 0 heteroatoms. The summed E-state index contributed by atoms with van der Waals surface area (Å²) in [6.45, 7) is 9.80. The summed E-state index contributed by atoms with van der Waals surface area (Å²) < 4.78 is 0. The van der Waals surface area contributed by atoms with Crippen LogP contribution in [0.15, 0.2) is 35.5 Å². The van der Waals surface area contributed by atoms with Gasteiger partial charge in [0.05, 0.1) is 0 Å². The Labute approximate surface area is 125 Å². The average Bonchev–Trinajstić information content (AvgIpc) is 2.75. The molecule has 0 saturated heterocycles. The smallest absolute Gasteiger partial charge is 0.0106 e. The topological polar surface area (TPSA) is 0 Å². The quantitative estimate of drug-likeness (QED) is 0.479. The summed E-state index contributed by atoms with van der Waals surface area (Å²) >= 11 is 0. The van der Waals surface area contributed by atoms with E-state index in [1.807, 2.05) is 0 Å². The molecule has 110 valence electrons. The summed E-state index contributed by atoms with van der Waals surface area (Å²) in [5.74, 6) is 3.41. The van der Waals surface area contributed by atoms with Crippen LogP contribution in [0.2, 0.25) is 0 Å². The number of hydrogen-bond donors (Lipinski definition) is 0. The Balaban J connectivity index is 2.01. The van der Waals surface area contributed by atoms with Crippen LogP contribution in [-0.2, 0) is 0 Å². The van der Waals surface area contributed by atoms with Gasteiger partial charge in [-0.1, -0.05) is 50.6 Å². The first kappa shape index (κ1) is 14.2. The van der Waals surface area contributed by atoms with Crippen molar-refractivity contribution in [1.82, 2.24) is 0 Å². The fraction of sp³-hybridized carbons (Fsp3) is 0.700. The van der Waals surface area contributed by atoms with Crippen LogP contribution in [0.25, 0.3) is 0 Å². The molecular weight excluding hydrogens is 240 g/mol. The minimum atomic E-state index is 0.464. The number of fused-ring (bicyclic) bond motifs is 1. The van der Waals surface area contributed by atoms with Crippen LogP contribution >= 0.6 is 0 Å². The maximum atomic E-state index is 2.55. The van der Waals surface area contributed by atoms with Crippen LogP contribution in [-0.4, -0.2) is 0 Å². The minimum absolute atomic E-state index is 0.464. The molecule has 5 atom stereocenters. The molecule has 0 aromatic heterocycles. The van der Waals surface area contributed by atoms with Crippen molar-refractivity contribution in [2.24, 2.45) is 29.1 Å². The van der Waals surface area contributed by atoms with E-state index in [1.165, 1.54) is 25.7 Å². The van der Waals surface area contributed by atoms with E-state index in [1.54, 1.807) is 11.1 Å². The van der Waals surface area contributed by atoms with Crippen molar-refractivity contribution in [2.75, 3.05) is 0 Å². The third-order valence-corrected chi connectivity index (χ3v) is 6.47. The van der Waals surface area contributed by atoms with Gasteiger partial charge in [0.1, 0.15) is 0 Å². The number of allylic oxidation sites excluding steroid dienone is 6. The van der Waals surface area contributed by atoms with Crippen molar-refractivity contribution in [3.8, 4) is 0 Å². The van der Waals surface area contributed by atoms with E-state index >= 15 is 0 Å². The maximum absolute atomic E-state index is 2.55. The van der Waals surface area contributed by atoms with Crippen LogP contribution in [0.3, 0.4) is 0 Å². The second-order valence-corrected chi connectivity index (χ2v) is 7.87. The van der Waals surface area contributed by atoms with Gasteiger partial charge in [-0.3, -0.25) is 0 Å². The van der Waals surface area contributed by atoms with Crippen molar-refractivity contribution in [3.05, 3.63) is 35.5 Å². The highest BCUT2D eigenvalue weighted by Gasteiger charge is 2.49. The molecule has 0 aromatic rings. The zero-order valence-corrected chi connectivity index (χ0v) is 13.7. The predicted octanol–water partition coefficient (Wildman–Crippen LogP) is 5.92. The Hall–Kier alpha value is -0.780. The molecule has 1 saturated carbocycles. The summed E-state index contributed by atoms with van der Waals surface area (Å²) in [6, 6.07) is 0. The molecule has 0 spiro atoms. The monoisotopic (exact) mass is 270 g/mol. The van der Waals surface area contributed by atoms with Gasteiger partial charge in [-0.15, -0.1) is 0 Å². The van der Waals surface area contributed by atoms with Crippen molar-refractivity contribution >= 4 is 0 Å². The first-order valence-electron chi connectivity index (χ1n) is 8.56. The summed E-state index contributed by atoms with van der Waals surface area (Å²) in [7, 11) is 0. The maximum Gasteiger partial charge on any atom is -0.0106 e. The highest BCUT2D eigenvalue weighted by Crippen LogP contribution is 2.57. The lowest BCUT2D eigenvalue weighted by molar-refractivity contribution is 0.146. The zero-order valence-electron chi connectivity index (χ0n) is 13.7. The first-order chi connectivity index (χ1) is 9.51. The van der Waals surface area contributed by atoms with E-state index in [2.05, 4.69) is 52.0 Å². The van der Waals surface area contributed by atoms with Crippen molar-refractivity contribution in [1.29, 1.82) is 0 Å². The van der Waals surface area contributed by atoms with Crippen LogP contribution in [0.4, 0.5) is 0 Å². The van der Waals surface area contributed by atoms with E-state index < -0.39 is 0 Å². The van der Waals surface area contributed by atoms with Gasteiger partial charge in [0, 0.05) is 0 Å². The molecular formula is C20H30. The highest BCUT2D eigenvalue weighted by atomic mass is 14.5. The van der Waals surface area contributed by atoms with Gasteiger partial charge in [-0.2, -0.15) is 0 Å². The molecule has 0 N–H and O–H groups in total. The fourth-order valence-corrected chi connectivity index (χ4v) is 5.16. The van der Waals surface area contributed by atoms with Crippen LogP contribution in [0.5, 0.6) is 0 Å². The molecule has 3 rings (SSSR count). The van der Waals surface area contributed by atoms with E-state index in [4.69, 9.17) is 0 Å². The summed E-state index contributed by atoms with van der Waals surface area (Å²) in [5, 5.41) is 0. The second-order valence-electron chi connectivity index (χ2n) is 7.87. The Morgan fingerprint density at radius 3 is 2.75 bits per heavy atom. The Bertz CT molecular complexity index is 464. The van der Waals surface area contributed by atoms with Gasteiger partial charge < -0.3 is 0 Å². The molecule has 5 unspecified atom stereocenters. The van der Waals surface area contributed by atoms with Crippen LogP contribution in [0.1, 0.15) is 59.8 Å². The lowest BCUT2D eigenvalue weighted by Gasteiger charge is -2.42. The van der Waals surface area contributed by atoms with Gasteiger partial charge in [-0.25, -0.2) is 0 Å². The van der Waals surface area contributed by atoms with Gasteiger partial charge >= 0.3 is 0 Å². The van der Waals surface area contributed by atoms with Crippen LogP contribution < -0.4 is 0 Å². The molecule has 1 fully saturated rings. The number of rotatable bonds is 0. The highest BCUT2D eigenvalue weighted by molar-refractivity contribution is 5.32. The lowest BCUT2D eigenvalue weighted by atomic mass is 9.62.